The van der Waals surface area contributed by atoms with E-state index in [0.717, 1.165) is 18.9 Å². The minimum atomic E-state index is -5.01. The molecule has 4 rings (SSSR count). The summed E-state index contributed by atoms with van der Waals surface area (Å²) in [4.78, 5) is 11.8. The zero-order valence-electron chi connectivity index (χ0n) is 16.7. The summed E-state index contributed by atoms with van der Waals surface area (Å²) in [6, 6.07) is 5.31. The summed E-state index contributed by atoms with van der Waals surface area (Å²) in [7, 11) is 0. The molecule has 1 atom stereocenters. The van der Waals surface area contributed by atoms with E-state index in [1.54, 1.807) is 0 Å². The summed E-state index contributed by atoms with van der Waals surface area (Å²) in [6.45, 7) is -1.85. The number of carboxylic acids is 1. The molecular formula is C21H16F6N2O4. The Bertz CT molecular complexity index is 1180. The number of aliphatic carboxylic acids is 1. The van der Waals surface area contributed by atoms with Gasteiger partial charge in [0.1, 0.15) is 16.8 Å². The van der Waals surface area contributed by atoms with Crippen LogP contribution in [0.4, 0.5) is 26.3 Å². The molecule has 1 saturated carbocycles. The average Bonchev–Trinajstić information content (AvgIpc) is 3.42. The fourth-order valence-electron chi connectivity index (χ4n) is 3.64. The molecule has 0 amide bonds. The molecule has 33 heavy (non-hydrogen) atoms. The fraction of sp³-hybridized carbons (Fsp3) is 0.381. The van der Waals surface area contributed by atoms with Gasteiger partial charge >= 0.3 is 18.3 Å². The van der Waals surface area contributed by atoms with Crippen molar-refractivity contribution in [3.05, 3.63) is 41.5 Å². The number of alkyl halides is 6. The van der Waals surface area contributed by atoms with Crippen LogP contribution in [-0.2, 0) is 11.0 Å². The van der Waals surface area contributed by atoms with Gasteiger partial charge in [-0.1, -0.05) is 18.9 Å². The van der Waals surface area contributed by atoms with Crippen LogP contribution in [0, 0.1) is 5.92 Å². The second-order valence-corrected chi connectivity index (χ2v) is 7.88. The van der Waals surface area contributed by atoms with E-state index < -0.39 is 47.7 Å². The number of hydrogen-bond donors (Lipinski definition) is 1. The van der Waals surface area contributed by atoms with E-state index in [0.29, 0.717) is 6.07 Å². The van der Waals surface area contributed by atoms with Crippen molar-refractivity contribution in [2.75, 3.05) is 6.61 Å². The second kappa shape index (κ2) is 8.23. The Morgan fingerprint density at radius 1 is 1.09 bits per heavy atom. The van der Waals surface area contributed by atoms with Gasteiger partial charge in [0.15, 0.2) is 6.61 Å². The third-order valence-corrected chi connectivity index (χ3v) is 5.33. The molecule has 0 aliphatic heterocycles. The van der Waals surface area contributed by atoms with E-state index >= 15 is 0 Å². The molecule has 1 heterocycles. The number of carbonyl (C=O) groups is 1. The third-order valence-electron chi connectivity index (χ3n) is 5.33. The normalized spacial score (nSPS) is 15.6. The van der Waals surface area contributed by atoms with Crippen molar-refractivity contribution >= 4 is 17.0 Å². The SMILES string of the molecule is O=C(O)[C@H](CC1CC1)c1cc(OCC(F)(F)F)c(-c2ccc3nonc3c2)c(C(F)(F)F)c1. The molecule has 0 saturated heterocycles. The monoisotopic (exact) mass is 474 g/mol. The molecule has 0 radical (unpaired) electrons. The van der Waals surface area contributed by atoms with Crippen molar-refractivity contribution in [3.63, 3.8) is 0 Å². The second-order valence-electron chi connectivity index (χ2n) is 7.88. The number of carboxylic acid groups (broad SMARTS) is 1. The van der Waals surface area contributed by atoms with Crippen molar-refractivity contribution < 1.29 is 45.6 Å². The maximum absolute atomic E-state index is 14.1. The number of aromatic nitrogens is 2. The number of halogens is 6. The van der Waals surface area contributed by atoms with Crippen LogP contribution in [0.1, 0.15) is 36.3 Å². The first-order valence-corrected chi connectivity index (χ1v) is 9.82. The van der Waals surface area contributed by atoms with E-state index in [-0.39, 0.29) is 34.5 Å². The number of benzene rings is 2. The van der Waals surface area contributed by atoms with Gasteiger partial charge in [0.2, 0.25) is 0 Å². The zero-order valence-corrected chi connectivity index (χ0v) is 16.7. The quantitative estimate of drug-likeness (QED) is 0.435. The maximum atomic E-state index is 14.1. The Morgan fingerprint density at radius 2 is 1.79 bits per heavy atom. The summed E-state index contributed by atoms with van der Waals surface area (Å²) in [6.07, 6.45) is -8.26. The summed E-state index contributed by atoms with van der Waals surface area (Å²) in [5, 5.41) is 16.7. The Labute approximate surface area is 182 Å². The van der Waals surface area contributed by atoms with Gasteiger partial charge in [-0.25, -0.2) is 4.63 Å². The van der Waals surface area contributed by atoms with Gasteiger partial charge in [-0.05, 0) is 58.0 Å². The van der Waals surface area contributed by atoms with Gasteiger partial charge in [0, 0.05) is 5.56 Å². The minimum Gasteiger partial charge on any atom is -0.483 e. The molecular weight excluding hydrogens is 458 g/mol. The fourth-order valence-corrected chi connectivity index (χ4v) is 3.64. The lowest BCUT2D eigenvalue weighted by Gasteiger charge is -2.22. The molecule has 1 fully saturated rings. The van der Waals surface area contributed by atoms with Crippen molar-refractivity contribution in [3.8, 4) is 16.9 Å². The van der Waals surface area contributed by atoms with Crippen molar-refractivity contribution in [2.45, 2.75) is 37.5 Å². The van der Waals surface area contributed by atoms with Gasteiger partial charge in [-0.2, -0.15) is 26.3 Å². The van der Waals surface area contributed by atoms with Crippen molar-refractivity contribution in [2.24, 2.45) is 5.92 Å². The average molecular weight is 474 g/mol. The third kappa shape index (κ3) is 5.20. The molecule has 3 aromatic rings. The first-order chi connectivity index (χ1) is 15.4. The highest BCUT2D eigenvalue weighted by molar-refractivity contribution is 5.85. The van der Waals surface area contributed by atoms with Gasteiger partial charge in [-0.15, -0.1) is 0 Å². The number of hydrogen-bond acceptors (Lipinski definition) is 5. The summed E-state index contributed by atoms with van der Waals surface area (Å²) >= 11 is 0. The largest absolute Gasteiger partial charge is 0.483 e. The zero-order chi connectivity index (χ0) is 24.0. The highest BCUT2D eigenvalue weighted by atomic mass is 19.4. The van der Waals surface area contributed by atoms with Gasteiger partial charge < -0.3 is 9.84 Å². The molecule has 0 spiro atoms. The van der Waals surface area contributed by atoms with Crippen LogP contribution in [0.15, 0.2) is 35.0 Å². The number of fused-ring (bicyclic) bond motifs is 1. The Hall–Kier alpha value is -3.31. The Morgan fingerprint density at radius 3 is 2.39 bits per heavy atom. The lowest BCUT2D eigenvalue weighted by molar-refractivity contribution is -0.153. The molecule has 6 nitrogen and oxygen atoms in total. The molecule has 176 valence electrons. The van der Waals surface area contributed by atoms with E-state index in [4.69, 9.17) is 4.74 Å². The summed E-state index contributed by atoms with van der Waals surface area (Å²) < 4.78 is 90.2. The summed E-state index contributed by atoms with van der Waals surface area (Å²) in [5.74, 6) is -3.36. The van der Waals surface area contributed by atoms with E-state index in [9.17, 15) is 36.2 Å². The highest BCUT2D eigenvalue weighted by Crippen LogP contribution is 2.47. The topological polar surface area (TPSA) is 85.5 Å². The van der Waals surface area contributed by atoms with Crippen LogP contribution in [0.25, 0.3) is 22.2 Å². The standard InChI is InChI=1S/C21H16F6N2O4/c22-20(23,24)9-32-17-8-12(13(19(30)31)5-10-1-2-10)6-14(21(25,26)27)18(17)11-3-4-15-16(7-11)29-33-28-15/h3-4,6-8,10,13H,1-2,5,9H2,(H,30,31)/t13-/m1/s1. The molecule has 1 aliphatic rings. The molecule has 1 aromatic heterocycles. The first-order valence-electron chi connectivity index (χ1n) is 9.82. The number of nitrogens with zero attached hydrogens (tertiary/aromatic N) is 2. The number of rotatable bonds is 7. The smallest absolute Gasteiger partial charge is 0.422 e. The van der Waals surface area contributed by atoms with Gasteiger partial charge in [0.25, 0.3) is 0 Å². The van der Waals surface area contributed by atoms with Crippen LogP contribution in [0.5, 0.6) is 5.75 Å². The Kier molecular flexibility index (Phi) is 5.71. The Balaban J connectivity index is 1.92. The molecule has 2 aromatic carbocycles. The predicted octanol–water partition coefficient (Wildman–Crippen LogP) is 5.82. The highest BCUT2D eigenvalue weighted by Gasteiger charge is 2.39. The molecule has 1 aliphatic carbocycles. The molecule has 0 unspecified atom stereocenters. The molecule has 1 N–H and O–H groups in total. The molecule has 0 bridgehead atoms. The number of ether oxygens (including phenoxy) is 1. The first kappa shape index (κ1) is 22.9. The van der Waals surface area contributed by atoms with Crippen molar-refractivity contribution in [1.29, 1.82) is 0 Å². The maximum Gasteiger partial charge on any atom is 0.422 e. The lowest BCUT2D eigenvalue weighted by Crippen LogP contribution is -2.21. The van der Waals surface area contributed by atoms with E-state index in [1.165, 1.54) is 18.2 Å². The van der Waals surface area contributed by atoms with Crippen LogP contribution in [-0.4, -0.2) is 34.2 Å². The lowest BCUT2D eigenvalue weighted by atomic mass is 9.88. The van der Waals surface area contributed by atoms with Crippen LogP contribution in [0.2, 0.25) is 0 Å². The van der Waals surface area contributed by atoms with Crippen LogP contribution >= 0.6 is 0 Å². The predicted molar refractivity (Wildman–Crippen MR) is 102 cm³/mol. The van der Waals surface area contributed by atoms with Gasteiger partial charge in [0.05, 0.1) is 11.5 Å². The minimum absolute atomic E-state index is 0.0433. The van der Waals surface area contributed by atoms with Crippen molar-refractivity contribution in [1.82, 2.24) is 10.3 Å². The summed E-state index contributed by atoms with van der Waals surface area (Å²) in [5.41, 5.74) is -2.05. The van der Waals surface area contributed by atoms with E-state index in [2.05, 4.69) is 14.9 Å². The van der Waals surface area contributed by atoms with Crippen LogP contribution < -0.4 is 4.74 Å². The van der Waals surface area contributed by atoms with Crippen LogP contribution in [0.3, 0.4) is 0 Å². The molecule has 12 heteroatoms. The van der Waals surface area contributed by atoms with E-state index in [1.807, 2.05) is 0 Å². The van der Waals surface area contributed by atoms with Gasteiger partial charge in [-0.3, -0.25) is 4.79 Å².